The van der Waals surface area contributed by atoms with Crippen LogP contribution in [0.15, 0.2) is 115 Å². The molecule has 0 aliphatic heterocycles. The number of anilines is 1. The third kappa shape index (κ3) is 5.13. The number of nitrogens with two attached hydrogens (primary N) is 1. The van der Waals surface area contributed by atoms with E-state index in [4.69, 9.17) is 5.73 Å². The first-order chi connectivity index (χ1) is 17.1. The minimum absolute atomic E-state index is 0.573. The molecule has 1 nitrogen and oxygen atoms in total. The summed E-state index contributed by atoms with van der Waals surface area (Å²) >= 11 is 0. The van der Waals surface area contributed by atoms with Crippen molar-refractivity contribution in [3.8, 4) is 11.1 Å². The molecule has 2 N–H and O–H groups in total. The average Bonchev–Trinajstić information content (AvgIpc) is 2.87. The van der Waals surface area contributed by atoms with Crippen molar-refractivity contribution in [1.29, 1.82) is 0 Å². The molecule has 0 spiro atoms. The first kappa shape index (κ1) is 23.3. The molecule has 2 heteroatoms. The van der Waals surface area contributed by atoms with Crippen molar-refractivity contribution in [3.05, 3.63) is 121 Å². The summed E-state index contributed by atoms with van der Waals surface area (Å²) in [4.78, 5) is 2.34. The summed E-state index contributed by atoms with van der Waals surface area (Å²) in [5.74, 6) is 0. The molecule has 0 saturated carbocycles. The Morgan fingerprint density at radius 1 is 0.771 bits per heavy atom. The van der Waals surface area contributed by atoms with Gasteiger partial charge in [0.1, 0.15) is 0 Å². The number of fused-ring (bicyclic) bond motifs is 1. The molecular weight excluding hydrogens is 442 g/mol. The topological polar surface area (TPSA) is 26.0 Å². The van der Waals surface area contributed by atoms with E-state index in [1.807, 2.05) is 12.1 Å². The molecule has 4 aromatic carbocycles. The predicted molar refractivity (Wildman–Crippen MR) is 158 cm³/mol. The highest BCUT2D eigenvalue weighted by atomic mass is 32.2. The molecule has 0 heterocycles. The van der Waals surface area contributed by atoms with Crippen LogP contribution in [0.4, 0.5) is 5.69 Å². The Labute approximate surface area is 212 Å². The Balaban J connectivity index is 1.38. The van der Waals surface area contributed by atoms with Crippen molar-refractivity contribution in [1.82, 2.24) is 0 Å². The van der Waals surface area contributed by atoms with Crippen molar-refractivity contribution in [3.63, 3.8) is 0 Å². The van der Waals surface area contributed by atoms with Gasteiger partial charge < -0.3 is 5.73 Å². The zero-order valence-electron chi connectivity index (χ0n) is 20.4. The minimum atomic E-state index is -0.573. The van der Waals surface area contributed by atoms with Crippen LogP contribution in [0.2, 0.25) is 0 Å². The van der Waals surface area contributed by atoms with Crippen molar-refractivity contribution in [2.24, 2.45) is 0 Å². The van der Waals surface area contributed by atoms with Crippen LogP contribution in [0.3, 0.4) is 0 Å². The smallest absolute Gasteiger partial charge is 0.0437 e. The standard InChI is InChI=1S/C33H33NS/c1-24(35(2)33-13-9-8-12-32(33)34)28-18-19-31-23-29(20-21-30(31)22-28)27-16-14-26(15-17-27)25-10-6-4-3-5-7-11-25/h6,8-23,35H,1,3-5,7,34H2,2H3/b10-6-,25-11+. The summed E-state index contributed by atoms with van der Waals surface area (Å²) in [7, 11) is -0.573. The SMILES string of the molecule is C=C(c1ccc2cc(-c3ccc(C4=C/CCCC/C=C\4)cc3)ccc2c1)[SH](C)c1ccccc1N. The molecule has 0 saturated heterocycles. The van der Waals surface area contributed by atoms with Crippen molar-refractivity contribution in [2.75, 3.05) is 12.0 Å². The molecule has 0 fully saturated rings. The summed E-state index contributed by atoms with van der Waals surface area (Å²) in [6.45, 7) is 4.44. The van der Waals surface area contributed by atoms with Crippen molar-refractivity contribution in [2.45, 2.75) is 30.6 Å². The van der Waals surface area contributed by atoms with Gasteiger partial charge in [0.15, 0.2) is 0 Å². The molecule has 5 rings (SSSR count). The van der Waals surface area contributed by atoms with Gasteiger partial charge in [-0.15, -0.1) is 0 Å². The van der Waals surface area contributed by atoms with Gasteiger partial charge in [0.25, 0.3) is 0 Å². The normalized spacial score (nSPS) is 17.6. The Kier molecular flexibility index (Phi) is 6.92. The minimum Gasteiger partial charge on any atom is -0.398 e. The van der Waals surface area contributed by atoms with E-state index in [0.717, 1.165) is 10.6 Å². The predicted octanol–water partition coefficient (Wildman–Crippen LogP) is 9.26. The molecule has 1 aliphatic rings. The fraction of sp³-hybridized carbons (Fsp3) is 0.152. The third-order valence-corrected chi connectivity index (χ3v) is 9.11. The van der Waals surface area contributed by atoms with Crippen LogP contribution in [0.5, 0.6) is 0 Å². The van der Waals surface area contributed by atoms with Crippen LogP contribution in [0.25, 0.3) is 32.4 Å². The second-order valence-electron chi connectivity index (χ2n) is 9.26. The van der Waals surface area contributed by atoms with Crippen molar-refractivity contribution < 1.29 is 0 Å². The van der Waals surface area contributed by atoms with Crippen molar-refractivity contribution >= 4 is 37.8 Å². The summed E-state index contributed by atoms with van der Waals surface area (Å²) in [5, 5.41) is 2.48. The lowest BCUT2D eigenvalue weighted by atomic mass is 9.96. The van der Waals surface area contributed by atoms with E-state index >= 15 is 0 Å². The lowest BCUT2D eigenvalue weighted by Gasteiger charge is -2.22. The molecule has 0 amide bonds. The Morgan fingerprint density at radius 3 is 2.29 bits per heavy atom. The van der Waals surface area contributed by atoms with Gasteiger partial charge >= 0.3 is 0 Å². The number of rotatable bonds is 5. The molecule has 1 aliphatic carbocycles. The Bertz CT molecular complexity index is 1430. The molecule has 35 heavy (non-hydrogen) atoms. The number of allylic oxidation sites excluding steroid dienone is 4. The number of nitrogen functional groups attached to an aromatic ring is 1. The van der Waals surface area contributed by atoms with E-state index in [2.05, 4.69) is 104 Å². The van der Waals surface area contributed by atoms with Gasteiger partial charge in [0.2, 0.25) is 0 Å². The number of thiol groups is 1. The van der Waals surface area contributed by atoms with E-state index in [9.17, 15) is 0 Å². The van der Waals surface area contributed by atoms with Crippen LogP contribution in [-0.2, 0) is 0 Å². The van der Waals surface area contributed by atoms with Gasteiger partial charge in [0.05, 0.1) is 0 Å². The fourth-order valence-corrected chi connectivity index (χ4v) is 6.34. The van der Waals surface area contributed by atoms with Gasteiger partial charge in [-0.1, -0.05) is 85.5 Å². The van der Waals surface area contributed by atoms with Gasteiger partial charge in [0, 0.05) is 10.6 Å². The maximum Gasteiger partial charge on any atom is 0.0437 e. The summed E-state index contributed by atoms with van der Waals surface area (Å²) in [6.07, 6.45) is 14.1. The van der Waals surface area contributed by atoms with Crippen LogP contribution < -0.4 is 5.73 Å². The molecule has 4 aromatic rings. The van der Waals surface area contributed by atoms with Gasteiger partial charge in [-0.25, -0.2) is 10.9 Å². The second kappa shape index (κ2) is 10.4. The monoisotopic (exact) mass is 475 g/mol. The maximum absolute atomic E-state index is 6.23. The molecule has 0 radical (unpaired) electrons. The quantitative estimate of drug-likeness (QED) is 0.218. The number of hydrogen-bond donors (Lipinski definition) is 2. The summed E-state index contributed by atoms with van der Waals surface area (Å²) in [6, 6.07) is 30.5. The number of hydrogen-bond acceptors (Lipinski definition) is 1. The zero-order chi connectivity index (χ0) is 24.2. The lowest BCUT2D eigenvalue weighted by Crippen LogP contribution is -1.93. The highest BCUT2D eigenvalue weighted by Gasteiger charge is 2.11. The number of para-hydroxylation sites is 1. The molecule has 1 unspecified atom stereocenters. The average molecular weight is 476 g/mol. The molecule has 0 aromatic heterocycles. The van der Waals surface area contributed by atoms with Crippen LogP contribution >= 0.6 is 10.9 Å². The molecule has 0 bridgehead atoms. The Hall–Kier alpha value is -3.49. The molecular formula is C33H33NS. The Morgan fingerprint density at radius 2 is 1.46 bits per heavy atom. The summed E-state index contributed by atoms with van der Waals surface area (Å²) < 4.78 is 0. The fourth-order valence-electron chi connectivity index (χ4n) is 4.75. The largest absolute Gasteiger partial charge is 0.398 e. The first-order valence-corrected chi connectivity index (χ1v) is 14.2. The van der Waals surface area contributed by atoms with E-state index in [0.29, 0.717) is 0 Å². The van der Waals surface area contributed by atoms with Gasteiger partial charge in [-0.2, -0.15) is 0 Å². The molecule has 176 valence electrons. The van der Waals surface area contributed by atoms with Gasteiger partial charge in [-0.05, 0) is 99.7 Å². The van der Waals surface area contributed by atoms with E-state index in [1.54, 1.807) is 0 Å². The molecule has 1 atom stereocenters. The zero-order valence-corrected chi connectivity index (χ0v) is 21.3. The van der Waals surface area contributed by atoms with Crippen LogP contribution in [0.1, 0.15) is 36.8 Å². The number of benzene rings is 4. The first-order valence-electron chi connectivity index (χ1n) is 12.4. The van der Waals surface area contributed by atoms with Gasteiger partial charge in [-0.3, -0.25) is 0 Å². The van der Waals surface area contributed by atoms with E-state index < -0.39 is 10.9 Å². The third-order valence-electron chi connectivity index (χ3n) is 6.91. The lowest BCUT2D eigenvalue weighted by molar-refractivity contribution is 0.759. The summed E-state index contributed by atoms with van der Waals surface area (Å²) in [5.41, 5.74) is 13.4. The van der Waals surface area contributed by atoms with Crippen LogP contribution in [-0.4, -0.2) is 6.26 Å². The van der Waals surface area contributed by atoms with E-state index in [1.165, 1.54) is 69.2 Å². The van der Waals surface area contributed by atoms with Crippen LogP contribution in [0, 0.1) is 0 Å². The maximum atomic E-state index is 6.23. The van der Waals surface area contributed by atoms with E-state index in [-0.39, 0.29) is 0 Å². The highest BCUT2D eigenvalue weighted by molar-refractivity contribution is 8.24. The highest BCUT2D eigenvalue weighted by Crippen LogP contribution is 2.47. The second-order valence-corrected chi connectivity index (χ2v) is 11.4.